The number of nitrogens with zero attached hydrogens (tertiary/aromatic N) is 2. The topological polar surface area (TPSA) is 43.8 Å². The summed E-state index contributed by atoms with van der Waals surface area (Å²) in [5, 5.41) is 0.675. The van der Waals surface area contributed by atoms with Crippen LogP contribution < -0.4 is 5.73 Å². The van der Waals surface area contributed by atoms with Gasteiger partial charge in [0.2, 0.25) is 5.95 Å². The molecular weight excluding hydrogens is 277 g/mol. The molecule has 0 bridgehead atoms. The summed E-state index contributed by atoms with van der Waals surface area (Å²) in [6.45, 7) is 1.90. The first-order valence-electron chi connectivity index (χ1n) is 4.35. The van der Waals surface area contributed by atoms with Crippen molar-refractivity contribution in [2.24, 2.45) is 0 Å². The van der Waals surface area contributed by atoms with Crippen molar-refractivity contribution in [3.63, 3.8) is 0 Å². The molecule has 0 saturated heterocycles. The van der Waals surface area contributed by atoms with E-state index >= 15 is 0 Å². The molecule has 0 atom stereocenters. The van der Waals surface area contributed by atoms with E-state index in [4.69, 9.17) is 17.3 Å². The van der Waals surface area contributed by atoms with Gasteiger partial charge in [-0.15, -0.1) is 0 Å². The van der Waals surface area contributed by atoms with Gasteiger partial charge < -0.3 is 5.73 Å². The lowest BCUT2D eigenvalue weighted by atomic mass is 10.3. The smallest absolute Gasteiger partial charge is 0.205 e. The van der Waals surface area contributed by atoms with Gasteiger partial charge in [-0.05, 0) is 41.1 Å². The molecule has 0 amide bonds. The van der Waals surface area contributed by atoms with E-state index in [1.54, 1.807) is 0 Å². The maximum Gasteiger partial charge on any atom is 0.205 e. The Morgan fingerprint density at radius 2 is 2.20 bits per heavy atom. The van der Waals surface area contributed by atoms with Gasteiger partial charge in [-0.25, -0.2) is 4.98 Å². The highest BCUT2D eigenvalue weighted by atomic mass is 79.9. The Kier molecular flexibility index (Phi) is 2.71. The number of rotatable bonds is 1. The van der Waals surface area contributed by atoms with Crippen molar-refractivity contribution >= 4 is 33.5 Å². The van der Waals surface area contributed by atoms with Gasteiger partial charge in [0, 0.05) is 16.4 Å². The normalized spacial score (nSPS) is 10.6. The summed E-state index contributed by atoms with van der Waals surface area (Å²) in [7, 11) is 0. The number of benzene rings is 1. The Morgan fingerprint density at radius 3 is 2.73 bits per heavy atom. The average Bonchev–Trinajstić information content (AvgIpc) is 2.50. The maximum absolute atomic E-state index is 5.91. The Morgan fingerprint density at radius 1 is 1.47 bits per heavy atom. The lowest BCUT2D eigenvalue weighted by Crippen LogP contribution is -1.99. The van der Waals surface area contributed by atoms with Gasteiger partial charge in [0.1, 0.15) is 0 Å². The van der Waals surface area contributed by atoms with Crippen LogP contribution in [0.25, 0.3) is 5.69 Å². The highest BCUT2D eigenvalue weighted by Crippen LogP contribution is 2.26. The summed E-state index contributed by atoms with van der Waals surface area (Å²) < 4.78 is 2.66. The standard InChI is InChI=1S/C10H9BrClN3/c1-6-5-15(10(13)14-6)7-2-3-9(12)8(11)4-7/h2-5H,1H3,(H2,13,14). The van der Waals surface area contributed by atoms with Crippen LogP contribution >= 0.6 is 27.5 Å². The molecule has 1 aromatic carbocycles. The zero-order valence-electron chi connectivity index (χ0n) is 8.04. The van der Waals surface area contributed by atoms with E-state index in [0.29, 0.717) is 11.0 Å². The molecule has 78 valence electrons. The van der Waals surface area contributed by atoms with Crippen LogP contribution in [0.1, 0.15) is 5.69 Å². The highest BCUT2D eigenvalue weighted by Gasteiger charge is 2.05. The van der Waals surface area contributed by atoms with Gasteiger partial charge in [0.25, 0.3) is 0 Å². The van der Waals surface area contributed by atoms with Crippen molar-refractivity contribution in [2.75, 3.05) is 5.73 Å². The number of aromatic nitrogens is 2. The summed E-state index contributed by atoms with van der Waals surface area (Å²) in [6, 6.07) is 5.61. The molecule has 0 radical (unpaired) electrons. The minimum atomic E-state index is 0.474. The Bertz CT molecular complexity index is 507. The summed E-state index contributed by atoms with van der Waals surface area (Å²) in [5.41, 5.74) is 7.59. The fraction of sp³-hybridized carbons (Fsp3) is 0.100. The largest absolute Gasteiger partial charge is 0.369 e. The molecule has 2 rings (SSSR count). The fourth-order valence-corrected chi connectivity index (χ4v) is 1.84. The van der Waals surface area contributed by atoms with Crippen LogP contribution in [0.15, 0.2) is 28.9 Å². The lowest BCUT2D eigenvalue weighted by Gasteiger charge is -2.05. The van der Waals surface area contributed by atoms with E-state index in [9.17, 15) is 0 Å². The number of halogens is 2. The van der Waals surface area contributed by atoms with Crippen molar-refractivity contribution in [2.45, 2.75) is 6.92 Å². The molecule has 0 unspecified atom stereocenters. The monoisotopic (exact) mass is 285 g/mol. The van der Waals surface area contributed by atoms with Crippen molar-refractivity contribution in [3.8, 4) is 5.69 Å². The Balaban J connectivity index is 2.54. The average molecular weight is 287 g/mol. The molecule has 1 heterocycles. The van der Waals surface area contributed by atoms with Crippen LogP contribution in [-0.4, -0.2) is 9.55 Å². The van der Waals surface area contributed by atoms with Crippen molar-refractivity contribution < 1.29 is 0 Å². The van der Waals surface area contributed by atoms with E-state index in [0.717, 1.165) is 15.9 Å². The van der Waals surface area contributed by atoms with Gasteiger partial charge in [-0.2, -0.15) is 0 Å². The number of nitrogens with two attached hydrogens (primary N) is 1. The number of hydrogen-bond donors (Lipinski definition) is 1. The second-order valence-electron chi connectivity index (χ2n) is 3.21. The first-order valence-corrected chi connectivity index (χ1v) is 5.52. The van der Waals surface area contributed by atoms with Gasteiger partial charge in [0.05, 0.1) is 10.7 Å². The van der Waals surface area contributed by atoms with Crippen LogP contribution in [0, 0.1) is 6.92 Å². The van der Waals surface area contributed by atoms with Crippen LogP contribution in [0.2, 0.25) is 5.02 Å². The van der Waals surface area contributed by atoms with E-state index in [-0.39, 0.29) is 0 Å². The molecule has 0 saturated carbocycles. The predicted molar refractivity (Wildman–Crippen MR) is 65.4 cm³/mol. The molecule has 15 heavy (non-hydrogen) atoms. The van der Waals surface area contributed by atoms with Crippen LogP contribution in [0.5, 0.6) is 0 Å². The molecule has 0 aliphatic heterocycles. The van der Waals surface area contributed by atoms with Gasteiger partial charge in [-0.3, -0.25) is 4.57 Å². The number of nitrogen functional groups attached to an aromatic ring is 1. The second-order valence-corrected chi connectivity index (χ2v) is 4.47. The van der Waals surface area contributed by atoms with E-state index in [1.165, 1.54) is 0 Å². The zero-order valence-corrected chi connectivity index (χ0v) is 10.4. The van der Waals surface area contributed by atoms with Crippen LogP contribution in [-0.2, 0) is 0 Å². The van der Waals surface area contributed by atoms with E-state index in [2.05, 4.69) is 20.9 Å². The quantitative estimate of drug-likeness (QED) is 0.875. The molecule has 0 fully saturated rings. The number of hydrogen-bond acceptors (Lipinski definition) is 2. The number of imidazole rings is 1. The van der Waals surface area contributed by atoms with Gasteiger partial charge in [0.15, 0.2) is 0 Å². The Hall–Kier alpha value is -1.00. The van der Waals surface area contributed by atoms with Gasteiger partial charge in [-0.1, -0.05) is 11.6 Å². The third-order valence-corrected chi connectivity index (χ3v) is 3.25. The molecule has 2 aromatic rings. The molecule has 0 aliphatic rings. The van der Waals surface area contributed by atoms with Crippen molar-refractivity contribution in [3.05, 3.63) is 39.6 Å². The van der Waals surface area contributed by atoms with Crippen LogP contribution in [0.3, 0.4) is 0 Å². The highest BCUT2D eigenvalue weighted by molar-refractivity contribution is 9.10. The van der Waals surface area contributed by atoms with Crippen molar-refractivity contribution in [1.82, 2.24) is 9.55 Å². The zero-order chi connectivity index (χ0) is 11.0. The summed E-state index contributed by atoms with van der Waals surface area (Å²) in [5.74, 6) is 0.474. The lowest BCUT2D eigenvalue weighted by molar-refractivity contribution is 1.07. The van der Waals surface area contributed by atoms with Crippen LogP contribution in [0.4, 0.5) is 5.95 Å². The first-order chi connectivity index (χ1) is 7.08. The molecule has 1 aromatic heterocycles. The molecule has 3 nitrogen and oxygen atoms in total. The summed E-state index contributed by atoms with van der Waals surface area (Å²) in [6.07, 6.45) is 1.88. The molecule has 0 spiro atoms. The third-order valence-electron chi connectivity index (χ3n) is 2.04. The molecule has 5 heteroatoms. The predicted octanol–water partition coefficient (Wildman–Crippen LogP) is 3.18. The van der Waals surface area contributed by atoms with E-state index < -0.39 is 0 Å². The molecular formula is C10H9BrClN3. The van der Waals surface area contributed by atoms with Crippen molar-refractivity contribution in [1.29, 1.82) is 0 Å². The SMILES string of the molecule is Cc1cn(-c2ccc(Cl)c(Br)c2)c(N)n1. The first kappa shape index (κ1) is 10.5. The Labute approximate surface area is 101 Å². The second kappa shape index (κ2) is 3.87. The molecule has 2 N–H and O–H groups in total. The van der Waals surface area contributed by atoms with Gasteiger partial charge >= 0.3 is 0 Å². The summed E-state index contributed by atoms with van der Waals surface area (Å²) in [4.78, 5) is 4.13. The molecule has 0 aliphatic carbocycles. The fourth-order valence-electron chi connectivity index (χ4n) is 1.36. The third kappa shape index (κ3) is 2.01. The minimum Gasteiger partial charge on any atom is -0.369 e. The number of anilines is 1. The van der Waals surface area contributed by atoms with E-state index in [1.807, 2.05) is 35.9 Å². The summed E-state index contributed by atoms with van der Waals surface area (Å²) >= 11 is 9.28. The minimum absolute atomic E-state index is 0.474. The maximum atomic E-state index is 5.91. The number of aryl methyl sites for hydroxylation is 1.